The van der Waals surface area contributed by atoms with E-state index < -0.39 is 0 Å². The highest BCUT2D eigenvalue weighted by molar-refractivity contribution is 6.32. The second-order valence-corrected chi connectivity index (χ2v) is 7.20. The van der Waals surface area contributed by atoms with Gasteiger partial charge in [-0.15, -0.1) is 0 Å². The molecule has 0 nitrogen and oxygen atoms in total. The third-order valence-corrected chi connectivity index (χ3v) is 5.78. The van der Waals surface area contributed by atoms with Crippen LogP contribution in [0.2, 0.25) is 5.02 Å². The minimum Gasteiger partial charge on any atom is -0.207 e. The lowest BCUT2D eigenvalue weighted by Crippen LogP contribution is -2.18. The summed E-state index contributed by atoms with van der Waals surface area (Å²) in [6.45, 7) is 4.34. The Kier molecular flexibility index (Phi) is 2.75. The van der Waals surface area contributed by atoms with Crippen molar-refractivity contribution in [1.82, 2.24) is 0 Å². The Morgan fingerprint density at radius 3 is 2.44 bits per heavy atom. The minimum absolute atomic E-state index is 0.125. The van der Waals surface area contributed by atoms with Gasteiger partial charge in [0.15, 0.2) is 0 Å². The molecule has 0 radical (unpaired) electrons. The van der Waals surface area contributed by atoms with Gasteiger partial charge in [-0.1, -0.05) is 24.6 Å². The van der Waals surface area contributed by atoms with Gasteiger partial charge in [-0.3, -0.25) is 0 Å². The second-order valence-electron chi connectivity index (χ2n) is 6.82. The molecule has 2 heteroatoms. The van der Waals surface area contributed by atoms with Crippen LogP contribution in [0.1, 0.15) is 50.2 Å². The first-order chi connectivity index (χ1) is 8.43. The van der Waals surface area contributed by atoms with Crippen molar-refractivity contribution in [3.8, 4) is 0 Å². The molecule has 0 aliphatic heterocycles. The van der Waals surface area contributed by atoms with E-state index in [9.17, 15) is 4.39 Å². The highest BCUT2D eigenvalue weighted by Crippen LogP contribution is 2.62. The van der Waals surface area contributed by atoms with Crippen LogP contribution in [0.4, 0.5) is 4.39 Å². The molecule has 1 aromatic carbocycles. The maximum Gasteiger partial charge on any atom is 0.127 e. The van der Waals surface area contributed by atoms with E-state index in [0.29, 0.717) is 15.9 Å². The normalized spacial score (nSPS) is 34.2. The highest BCUT2D eigenvalue weighted by atomic mass is 35.5. The van der Waals surface area contributed by atoms with Gasteiger partial charge in [0.1, 0.15) is 5.82 Å². The fraction of sp³-hybridized carbons (Fsp3) is 0.625. The first-order valence-corrected chi connectivity index (χ1v) is 7.25. The quantitative estimate of drug-likeness (QED) is 0.681. The molecule has 1 aromatic rings. The average molecular weight is 267 g/mol. The molecule has 2 aliphatic carbocycles. The van der Waals surface area contributed by atoms with E-state index in [1.807, 2.05) is 6.92 Å². The summed E-state index contributed by atoms with van der Waals surface area (Å²) in [5.74, 6) is -0.125. The number of halogens is 2. The molecule has 0 amide bonds. The maximum atomic E-state index is 14.0. The summed E-state index contributed by atoms with van der Waals surface area (Å²) >= 11 is 6.30. The molecular formula is C16H20ClF. The average Bonchev–Trinajstić information content (AvgIpc) is 2.83. The Balaban J connectivity index is 1.92. The number of rotatable bonds is 2. The molecule has 0 unspecified atom stereocenters. The largest absolute Gasteiger partial charge is 0.207 e. The van der Waals surface area contributed by atoms with Gasteiger partial charge < -0.3 is 0 Å². The zero-order valence-electron chi connectivity index (χ0n) is 11.2. The van der Waals surface area contributed by atoms with Crippen molar-refractivity contribution >= 4 is 11.6 Å². The minimum atomic E-state index is -0.125. The van der Waals surface area contributed by atoms with E-state index >= 15 is 0 Å². The second kappa shape index (κ2) is 3.96. The smallest absolute Gasteiger partial charge is 0.127 e. The standard InChI is InChI=1S/C16H20ClF/c1-11-3-4-13(18)12(14(11)17)9-16-7-5-15(2,10-16)6-8-16/h3-4H,5-10H2,1-2H3. The third-order valence-electron chi connectivity index (χ3n) is 5.25. The lowest BCUT2D eigenvalue weighted by Gasteiger charge is -2.27. The number of hydrogen-bond acceptors (Lipinski definition) is 0. The van der Waals surface area contributed by atoms with Crippen molar-refractivity contribution in [2.75, 3.05) is 0 Å². The first-order valence-electron chi connectivity index (χ1n) is 6.87. The number of fused-ring (bicyclic) bond motifs is 2. The van der Waals surface area contributed by atoms with E-state index in [2.05, 4.69) is 6.92 Å². The van der Waals surface area contributed by atoms with Crippen LogP contribution in [0, 0.1) is 23.6 Å². The van der Waals surface area contributed by atoms with Crippen molar-refractivity contribution in [3.63, 3.8) is 0 Å². The lowest BCUT2D eigenvalue weighted by molar-refractivity contribution is 0.281. The SMILES string of the molecule is Cc1ccc(F)c(CC23CCC(C)(CC2)C3)c1Cl. The number of aryl methyl sites for hydroxylation is 1. The van der Waals surface area contributed by atoms with Crippen LogP contribution < -0.4 is 0 Å². The number of hydrogen-bond donors (Lipinski definition) is 0. The van der Waals surface area contributed by atoms with E-state index in [0.717, 1.165) is 17.5 Å². The van der Waals surface area contributed by atoms with Crippen LogP contribution in [0.3, 0.4) is 0 Å². The summed E-state index contributed by atoms with van der Waals surface area (Å²) in [4.78, 5) is 0. The zero-order chi connectivity index (χ0) is 13.0. The van der Waals surface area contributed by atoms with Gasteiger partial charge in [0.25, 0.3) is 0 Å². The summed E-state index contributed by atoms with van der Waals surface area (Å²) in [5, 5.41) is 0.643. The van der Waals surface area contributed by atoms with Gasteiger partial charge in [-0.2, -0.15) is 0 Å². The summed E-state index contributed by atoms with van der Waals surface area (Å²) in [6.07, 6.45) is 7.18. The molecule has 0 spiro atoms. The van der Waals surface area contributed by atoms with Crippen LogP contribution in [0.5, 0.6) is 0 Å². The van der Waals surface area contributed by atoms with E-state index in [4.69, 9.17) is 11.6 Å². The van der Waals surface area contributed by atoms with Crippen molar-refractivity contribution in [2.24, 2.45) is 10.8 Å². The molecule has 2 saturated carbocycles. The van der Waals surface area contributed by atoms with Gasteiger partial charge >= 0.3 is 0 Å². The van der Waals surface area contributed by atoms with Crippen LogP contribution in [-0.4, -0.2) is 0 Å². The third kappa shape index (κ3) is 1.87. The molecule has 2 bridgehead atoms. The van der Waals surface area contributed by atoms with E-state index in [1.54, 1.807) is 12.1 Å². The molecule has 2 fully saturated rings. The molecule has 18 heavy (non-hydrogen) atoms. The Morgan fingerprint density at radius 1 is 1.22 bits per heavy atom. The Bertz CT molecular complexity index is 484. The molecule has 0 saturated heterocycles. The van der Waals surface area contributed by atoms with E-state index in [1.165, 1.54) is 32.1 Å². The van der Waals surface area contributed by atoms with Gasteiger partial charge in [0, 0.05) is 10.6 Å². The van der Waals surface area contributed by atoms with Crippen molar-refractivity contribution < 1.29 is 4.39 Å². The molecular weight excluding hydrogens is 247 g/mol. The molecule has 0 atom stereocenters. The van der Waals surface area contributed by atoms with Gasteiger partial charge in [-0.05, 0) is 67.9 Å². The van der Waals surface area contributed by atoms with Crippen LogP contribution in [0.25, 0.3) is 0 Å². The van der Waals surface area contributed by atoms with Crippen LogP contribution >= 0.6 is 11.6 Å². The predicted octanol–water partition coefficient (Wildman–Crippen LogP) is 5.30. The fourth-order valence-corrected chi connectivity index (χ4v) is 4.35. The van der Waals surface area contributed by atoms with Crippen molar-refractivity contribution in [3.05, 3.63) is 34.1 Å². The van der Waals surface area contributed by atoms with E-state index in [-0.39, 0.29) is 5.82 Å². The molecule has 98 valence electrons. The summed E-state index contributed by atoms with van der Waals surface area (Å²) in [6, 6.07) is 3.34. The predicted molar refractivity (Wildman–Crippen MR) is 73.5 cm³/mol. The van der Waals surface area contributed by atoms with Gasteiger partial charge in [0.2, 0.25) is 0 Å². The summed E-state index contributed by atoms with van der Waals surface area (Å²) in [5.41, 5.74) is 2.59. The molecule has 3 rings (SSSR count). The number of benzene rings is 1. The van der Waals surface area contributed by atoms with Gasteiger partial charge in [0.05, 0.1) is 0 Å². The maximum absolute atomic E-state index is 14.0. The Morgan fingerprint density at radius 2 is 1.89 bits per heavy atom. The highest BCUT2D eigenvalue weighted by Gasteiger charge is 2.51. The molecule has 0 aromatic heterocycles. The van der Waals surface area contributed by atoms with Crippen molar-refractivity contribution in [1.29, 1.82) is 0 Å². The molecule has 2 aliphatic rings. The van der Waals surface area contributed by atoms with Crippen LogP contribution in [0.15, 0.2) is 12.1 Å². The van der Waals surface area contributed by atoms with Crippen molar-refractivity contribution in [2.45, 2.75) is 52.4 Å². The molecule has 0 N–H and O–H groups in total. The van der Waals surface area contributed by atoms with Gasteiger partial charge in [-0.25, -0.2) is 4.39 Å². The summed E-state index contributed by atoms with van der Waals surface area (Å²) < 4.78 is 14.0. The topological polar surface area (TPSA) is 0 Å². The van der Waals surface area contributed by atoms with Crippen LogP contribution in [-0.2, 0) is 6.42 Å². The Hall–Kier alpha value is -0.560. The fourth-order valence-electron chi connectivity index (χ4n) is 4.13. The lowest BCUT2D eigenvalue weighted by atomic mass is 9.78. The first kappa shape index (κ1) is 12.5. The Labute approximate surface area is 114 Å². The zero-order valence-corrected chi connectivity index (χ0v) is 11.9. The summed E-state index contributed by atoms with van der Waals surface area (Å²) in [7, 11) is 0. The molecule has 0 heterocycles. The monoisotopic (exact) mass is 266 g/mol.